The lowest BCUT2D eigenvalue weighted by atomic mass is 10.0. The molecule has 1 amide bonds. The van der Waals surface area contributed by atoms with Crippen molar-refractivity contribution in [2.24, 2.45) is 0 Å². The highest BCUT2D eigenvalue weighted by Gasteiger charge is 2.38. The number of anilines is 1. The van der Waals surface area contributed by atoms with E-state index in [2.05, 4.69) is 10.3 Å². The van der Waals surface area contributed by atoms with Crippen molar-refractivity contribution in [3.63, 3.8) is 0 Å². The van der Waals surface area contributed by atoms with Gasteiger partial charge in [-0.2, -0.15) is 18.2 Å². The van der Waals surface area contributed by atoms with Gasteiger partial charge in [0.15, 0.2) is 11.7 Å². The molecule has 1 N–H and O–H groups in total. The fourth-order valence-corrected chi connectivity index (χ4v) is 3.57. The first-order valence-corrected chi connectivity index (χ1v) is 11.1. The highest BCUT2D eigenvalue weighted by atomic mass is 35.5. The van der Waals surface area contributed by atoms with Crippen LogP contribution in [0, 0.1) is 0 Å². The largest absolute Gasteiger partial charge is 0.481 e. The Morgan fingerprint density at radius 2 is 1.58 bits per heavy atom. The summed E-state index contributed by atoms with van der Waals surface area (Å²) in [7, 11) is 0. The molecule has 0 fully saturated rings. The predicted octanol–water partition coefficient (Wildman–Crippen LogP) is 7.94. The Labute approximate surface area is 212 Å². The quantitative estimate of drug-likeness (QED) is 0.200. The molecule has 11 heteroatoms. The standard InChI is InChI=1S/C25H16Cl2F4N2O3/c1-13(23(34)33-24-32-19-12-17(27)8-11-20(19)36-24)35-18-9-4-15(5-10-18)22(28)21(25(29,30)31)14-2-6-16(26)7-3-14/h2-13H,1H3,(H,32,33,34)/b22-21+/t13-/m1/s1. The molecule has 0 saturated heterocycles. The summed E-state index contributed by atoms with van der Waals surface area (Å²) in [5, 5.41) is 3.14. The number of carbonyl (C=O) groups is 1. The summed E-state index contributed by atoms with van der Waals surface area (Å²) in [5.41, 5.74) is -1.23. The minimum absolute atomic E-state index is 0.0582. The van der Waals surface area contributed by atoms with Gasteiger partial charge in [-0.3, -0.25) is 10.1 Å². The molecule has 186 valence electrons. The van der Waals surface area contributed by atoms with Gasteiger partial charge in [0, 0.05) is 15.6 Å². The van der Waals surface area contributed by atoms with Crippen LogP contribution in [0.15, 0.2) is 71.1 Å². The predicted molar refractivity (Wildman–Crippen MR) is 130 cm³/mol. The van der Waals surface area contributed by atoms with Crippen LogP contribution in [-0.2, 0) is 4.79 Å². The Morgan fingerprint density at radius 1 is 0.972 bits per heavy atom. The second kappa shape index (κ2) is 10.2. The zero-order valence-electron chi connectivity index (χ0n) is 18.4. The lowest BCUT2D eigenvalue weighted by Crippen LogP contribution is -2.30. The van der Waals surface area contributed by atoms with Crippen molar-refractivity contribution >= 4 is 57.6 Å². The molecule has 0 radical (unpaired) electrons. The minimum atomic E-state index is -4.95. The number of aromatic nitrogens is 1. The monoisotopic (exact) mass is 538 g/mol. The van der Waals surface area contributed by atoms with E-state index in [-0.39, 0.29) is 27.9 Å². The van der Waals surface area contributed by atoms with Crippen LogP contribution in [0.25, 0.3) is 22.5 Å². The molecule has 0 aliphatic rings. The van der Waals surface area contributed by atoms with E-state index < -0.39 is 29.6 Å². The van der Waals surface area contributed by atoms with E-state index in [1.807, 2.05) is 0 Å². The summed E-state index contributed by atoms with van der Waals surface area (Å²) in [6, 6.07) is 14.2. The Balaban J connectivity index is 1.48. The average molecular weight is 539 g/mol. The normalized spacial score (nSPS) is 13.3. The Kier molecular flexibility index (Phi) is 7.23. The van der Waals surface area contributed by atoms with E-state index in [4.69, 9.17) is 32.4 Å². The smallest absolute Gasteiger partial charge is 0.419 e. The van der Waals surface area contributed by atoms with Gasteiger partial charge in [0.1, 0.15) is 17.1 Å². The first-order chi connectivity index (χ1) is 17.0. The number of amides is 1. The zero-order chi connectivity index (χ0) is 26.0. The summed E-state index contributed by atoms with van der Waals surface area (Å²) < 4.78 is 66.8. The molecule has 0 bridgehead atoms. The summed E-state index contributed by atoms with van der Waals surface area (Å²) in [6.07, 6.45) is -5.98. The lowest BCUT2D eigenvalue weighted by molar-refractivity contribution is -0.122. The first kappa shape index (κ1) is 25.5. The molecule has 0 saturated carbocycles. The van der Waals surface area contributed by atoms with Crippen LogP contribution < -0.4 is 10.1 Å². The van der Waals surface area contributed by atoms with Crippen molar-refractivity contribution in [3.8, 4) is 5.75 Å². The van der Waals surface area contributed by atoms with E-state index in [0.29, 0.717) is 16.1 Å². The van der Waals surface area contributed by atoms with Crippen molar-refractivity contribution < 1.29 is 31.5 Å². The number of alkyl halides is 3. The van der Waals surface area contributed by atoms with Crippen LogP contribution >= 0.6 is 23.2 Å². The number of nitrogens with one attached hydrogen (secondary N) is 1. The average Bonchev–Trinajstić information content (AvgIpc) is 3.21. The second-order valence-electron chi connectivity index (χ2n) is 7.60. The minimum Gasteiger partial charge on any atom is -0.481 e. The number of hydrogen-bond acceptors (Lipinski definition) is 4. The van der Waals surface area contributed by atoms with Gasteiger partial charge in [-0.15, -0.1) is 0 Å². The maximum absolute atomic E-state index is 15.0. The Morgan fingerprint density at radius 3 is 2.22 bits per heavy atom. The summed E-state index contributed by atoms with van der Waals surface area (Å²) in [6.45, 7) is 1.45. The molecular weight excluding hydrogens is 523 g/mol. The maximum atomic E-state index is 15.0. The van der Waals surface area contributed by atoms with E-state index in [0.717, 1.165) is 24.3 Å². The molecule has 0 aliphatic carbocycles. The molecule has 36 heavy (non-hydrogen) atoms. The first-order valence-electron chi connectivity index (χ1n) is 10.4. The second-order valence-corrected chi connectivity index (χ2v) is 8.47. The molecule has 3 aromatic carbocycles. The number of hydrogen-bond donors (Lipinski definition) is 1. The fraction of sp³-hybridized carbons (Fsp3) is 0.120. The fourth-order valence-electron chi connectivity index (χ4n) is 3.27. The van der Waals surface area contributed by atoms with Crippen molar-refractivity contribution in [2.75, 3.05) is 5.32 Å². The van der Waals surface area contributed by atoms with E-state index in [9.17, 15) is 22.4 Å². The van der Waals surface area contributed by atoms with Crippen LogP contribution in [0.4, 0.5) is 23.6 Å². The topological polar surface area (TPSA) is 64.4 Å². The van der Waals surface area contributed by atoms with Crippen LogP contribution in [0.1, 0.15) is 18.1 Å². The third-order valence-corrected chi connectivity index (χ3v) is 5.49. The van der Waals surface area contributed by atoms with E-state index >= 15 is 0 Å². The molecule has 4 rings (SSSR count). The van der Waals surface area contributed by atoms with Crippen molar-refractivity contribution in [3.05, 3.63) is 87.9 Å². The van der Waals surface area contributed by atoms with Crippen molar-refractivity contribution in [2.45, 2.75) is 19.2 Å². The van der Waals surface area contributed by atoms with Crippen LogP contribution in [0.3, 0.4) is 0 Å². The molecule has 5 nitrogen and oxygen atoms in total. The van der Waals surface area contributed by atoms with Crippen LogP contribution in [0.5, 0.6) is 5.75 Å². The van der Waals surface area contributed by atoms with Crippen LogP contribution in [-0.4, -0.2) is 23.2 Å². The van der Waals surface area contributed by atoms with Gasteiger partial charge in [-0.25, -0.2) is 4.39 Å². The van der Waals surface area contributed by atoms with Gasteiger partial charge in [-0.05, 0) is 67.1 Å². The number of halogens is 6. The third kappa shape index (κ3) is 5.80. The number of ether oxygens (including phenoxy) is 1. The van der Waals surface area contributed by atoms with Gasteiger partial charge in [0.2, 0.25) is 0 Å². The summed E-state index contributed by atoms with van der Waals surface area (Å²) in [4.78, 5) is 16.6. The molecule has 0 unspecified atom stereocenters. The van der Waals surface area contributed by atoms with E-state index in [1.165, 1.54) is 31.2 Å². The van der Waals surface area contributed by atoms with Crippen molar-refractivity contribution in [1.29, 1.82) is 0 Å². The van der Waals surface area contributed by atoms with Gasteiger partial charge in [-0.1, -0.05) is 35.3 Å². The highest BCUT2D eigenvalue weighted by Crippen LogP contribution is 2.40. The molecule has 0 aliphatic heterocycles. The van der Waals surface area contributed by atoms with Gasteiger partial charge in [0.25, 0.3) is 5.91 Å². The zero-order valence-corrected chi connectivity index (χ0v) is 19.9. The van der Waals surface area contributed by atoms with Gasteiger partial charge in [0.05, 0.1) is 5.57 Å². The number of fused-ring (bicyclic) bond motifs is 1. The third-order valence-electron chi connectivity index (χ3n) is 5.01. The van der Waals surface area contributed by atoms with Crippen molar-refractivity contribution in [1.82, 2.24) is 4.98 Å². The lowest BCUT2D eigenvalue weighted by Gasteiger charge is -2.15. The number of oxazole rings is 1. The number of nitrogens with zero attached hydrogens (tertiary/aromatic N) is 1. The van der Waals surface area contributed by atoms with Gasteiger partial charge < -0.3 is 9.15 Å². The number of carbonyl (C=O) groups excluding carboxylic acids is 1. The Hall–Kier alpha value is -3.56. The molecule has 1 atom stereocenters. The molecule has 1 heterocycles. The molecule has 1 aromatic heterocycles. The number of rotatable bonds is 6. The van der Waals surface area contributed by atoms with Gasteiger partial charge >= 0.3 is 12.2 Å². The van der Waals surface area contributed by atoms with Crippen LogP contribution in [0.2, 0.25) is 10.0 Å². The molecule has 4 aromatic rings. The SMILES string of the molecule is C[C@@H](Oc1ccc(/C(F)=C(/c2ccc(Cl)cc2)C(F)(F)F)cc1)C(=O)Nc1nc2cc(Cl)ccc2o1. The van der Waals surface area contributed by atoms with E-state index in [1.54, 1.807) is 18.2 Å². The maximum Gasteiger partial charge on any atom is 0.419 e. The summed E-state index contributed by atoms with van der Waals surface area (Å²) in [5.74, 6) is -1.92. The molecule has 0 spiro atoms. The Bertz CT molecular complexity index is 1430. The molecular formula is C25H16Cl2F4N2O3. The number of allylic oxidation sites excluding steroid dienone is 1. The highest BCUT2D eigenvalue weighted by molar-refractivity contribution is 6.31. The summed E-state index contributed by atoms with van der Waals surface area (Å²) >= 11 is 11.6. The number of benzene rings is 3.